The lowest BCUT2D eigenvalue weighted by Gasteiger charge is -2.17. The van der Waals surface area contributed by atoms with Gasteiger partial charge in [-0.1, -0.05) is 71.7 Å². The van der Waals surface area contributed by atoms with Crippen LogP contribution in [-0.4, -0.2) is 6.61 Å². The summed E-state index contributed by atoms with van der Waals surface area (Å²) in [5.74, 6) is 1.46. The Labute approximate surface area is 176 Å². The Morgan fingerprint density at radius 1 is 0.714 bits per heavy atom. The fraction of sp³-hybridized carbons (Fsp3) is 0.217. The normalized spacial score (nSPS) is 10.7. The van der Waals surface area contributed by atoms with Crippen LogP contribution in [0.25, 0.3) is 0 Å². The molecule has 3 rings (SSSR count). The largest absolute Gasteiger partial charge is 0.490 e. The molecular weight excluding hydrogens is 393 g/mol. The first-order chi connectivity index (χ1) is 13.7. The second-order valence-corrected chi connectivity index (χ2v) is 7.07. The zero-order valence-corrected chi connectivity index (χ0v) is 17.3. The zero-order chi connectivity index (χ0) is 19.8. The van der Waals surface area contributed by atoms with Gasteiger partial charge in [0.05, 0.1) is 6.61 Å². The van der Waals surface area contributed by atoms with E-state index in [4.69, 9.17) is 32.7 Å². The second-order valence-electron chi connectivity index (χ2n) is 6.25. The highest BCUT2D eigenvalue weighted by atomic mass is 35.5. The van der Waals surface area contributed by atoms with E-state index in [2.05, 4.69) is 5.32 Å². The predicted molar refractivity (Wildman–Crippen MR) is 115 cm³/mol. The third kappa shape index (κ3) is 5.41. The maximum atomic E-state index is 6.26. The molecule has 0 fully saturated rings. The number of hydrogen-bond acceptors (Lipinski definition) is 3. The topological polar surface area (TPSA) is 30.5 Å². The van der Waals surface area contributed by atoms with Crippen LogP contribution in [0.5, 0.6) is 11.5 Å². The highest BCUT2D eigenvalue weighted by Gasteiger charge is 2.12. The molecule has 1 N–H and O–H groups in total. The van der Waals surface area contributed by atoms with Crippen LogP contribution in [0.3, 0.4) is 0 Å². The van der Waals surface area contributed by atoms with Crippen LogP contribution < -0.4 is 14.8 Å². The van der Waals surface area contributed by atoms with Crippen LogP contribution in [0.1, 0.15) is 23.6 Å². The Bertz CT molecular complexity index is 915. The molecular formula is C23H23Cl2NO2. The van der Waals surface area contributed by atoms with Crippen LogP contribution in [0.2, 0.25) is 10.0 Å². The lowest BCUT2D eigenvalue weighted by Crippen LogP contribution is -2.14. The van der Waals surface area contributed by atoms with Gasteiger partial charge in [0.15, 0.2) is 11.5 Å². The second kappa shape index (κ2) is 10.4. The molecule has 0 saturated carbocycles. The standard InChI is InChI=1S/C23H23Cl2NO2/c1-2-27-22-13-7-10-18(15-26-14-17-8-3-5-11-20(17)24)23(22)28-16-19-9-4-6-12-21(19)25/h3-13,26H,2,14-16H2,1H3. The molecule has 0 amide bonds. The van der Waals surface area contributed by atoms with E-state index in [9.17, 15) is 0 Å². The lowest BCUT2D eigenvalue weighted by molar-refractivity contribution is 0.266. The van der Waals surface area contributed by atoms with Crippen molar-refractivity contribution in [2.45, 2.75) is 26.6 Å². The molecule has 146 valence electrons. The Morgan fingerprint density at radius 3 is 2.00 bits per heavy atom. The summed E-state index contributed by atoms with van der Waals surface area (Å²) in [5.41, 5.74) is 3.01. The van der Waals surface area contributed by atoms with Gasteiger partial charge >= 0.3 is 0 Å². The fourth-order valence-corrected chi connectivity index (χ4v) is 3.27. The average Bonchev–Trinajstić information content (AvgIpc) is 2.70. The molecule has 0 heterocycles. The highest BCUT2D eigenvalue weighted by Crippen LogP contribution is 2.33. The van der Waals surface area contributed by atoms with Crippen molar-refractivity contribution in [1.82, 2.24) is 5.32 Å². The van der Waals surface area contributed by atoms with Crippen LogP contribution in [-0.2, 0) is 19.7 Å². The monoisotopic (exact) mass is 415 g/mol. The van der Waals surface area contributed by atoms with Crippen molar-refractivity contribution >= 4 is 23.2 Å². The summed E-state index contributed by atoms with van der Waals surface area (Å²) in [6, 6.07) is 21.4. The maximum Gasteiger partial charge on any atom is 0.166 e. The Morgan fingerprint density at radius 2 is 1.32 bits per heavy atom. The summed E-state index contributed by atoms with van der Waals surface area (Å²) in [6.45, 7) is 4.20. The molecule has 0 atom stereocenters. The fourth-order valence-electron chi connectivity index (χ4n) is 2.87. The third-order valence-corrected chi connectivity index (χ3v) is 5.02. The Kier molecular flexibility index (Phi) is 7.61. The first-order valence-corrected chi connectivity index (χ1v) is 9.99. The Hall–Kier alpha value is -2.20. The molecule has 0 aliphatic rings. The van der Waals surface area contributed by atoms with Gasteiger partial charge in [-0.3, -0.25) is 0 Å². The van der Waals surface area contributed by atoms with Gasteiger partial charge in [0.1, 0.15) is 6.61 Å². The molecule has 3 aromatic carbocycles. The van der Waals surface area contributed by atoms with Crippen molar-refractivity contribution in [2.24, 2.45) is 0 Å². The summed E-state index contributed by atoms with van der Waals surface area (Å²) in [4.78, 5) is 0. The molecule has 0 saturated heterocycles. The summed E-state index contributed by atoms with van der Waals surface area (Å²) >= 11 is 12.5. The molecule has 0 aliphatic carbocycles. The van der Waals surface area contributed by atoms with Crippen molar-refractivity contribution in [2.75, 3.05) is 6.61 Å². The van der Waals surface area contributed by atoms with Gasteiger partial charge in [0.25, 0.3) is 0 Å². The molecule has 0 aliphatic heterocycles. The predicted octanol–water partition coefficient (Wildman–Crippen LogP) is 6.26. The van der Waals surface area contributed by atoms with Gasteiger partial charge in [0.2, 0.25) is 0 Å². The summed E-state index contributed by atoms with van der Waals surface area (Å²) in [7, 11) is 0. The minimum absolute atomic E-state index is 0.376. The quantitative estimate of drug-likeness (QED) is 0.447. The van der Waals surface area contributed by atoms with E-state index < -0.39 is 0 Å². The van der Waals surface area contributed by atoms with Crippen LogP contribution in [0.4, 0.5) is 0 Å². The Balaban J connectivity index is 1.73. The number of nitrogens with one attached hydrogen (secondary N) is 1. The first kappa shape index (κ1) is 20.5. The highest BCUT2D eigenvalue weighted by molar-refractivity contribution is 6.31. The van der Waals surface area contributed by atoms with E-state index in [-0.39, 0.29) is 0 Å². The van der Waals surface area contributed by atoms with Gasteiger partial charge in [0, 0.05) is 34.3 Å². The van der Waals surface area contributed by atoms with E-state index in [0.717, 1.165) is 33.2 Å². The molecule has 5 heteroatoms. The average molecular weight is 416 g/mol. The molecule has 0 spiro atoms. The molecule has 0 unspecified atom stereocenters. The van der Waals surface area contributed by atoms with Crippen molar-refractivity contribution in [1.29, 1.82) is 0 Å². The number of benzene rings is 3. The lowest BCUT2D eigenvalue weighted by atomic mass is 10.1. The van der Waals surface area contributed by atoms with Crippen molar-refractivity contribution in [3.63, 3.8) is 0 Å². The number of hydrogen-bond donors (Lipinski definition) is 1. The van der Waals surface area contributed by atoms with Gasteiger partial charge in [-0.25, -0.2) is 0 Å². The van der Waals surface area contributed by atoms with E-state index in [0.29, 0.717) is 31.3 Å². The minimum Gasteiger partial charge on any atom is -0.490 e. The van der Waals surface area contributed by atoms with E-state index in [1.807, 2.05) is 73.7 Å². The van der Waals surface area contributed by atoms with E-state index in [1.54, 1.807) is 0 Å². The summed E-state index contributed by atoms with van der Waals surface area (Å²) in [5, 5.41) is 4.88. The van der Waals surface area contributed by atoms with Gasteiger partial charge in [-0.05, 0) is 30.7 Å². The molecule has 0 aromatic heterocycles. The maximum absolute atomic E-state index is 6.26. The molecule has 0 bridgehead atoms. The summed E-state index contributed by atoms with van der Waals surface area (Å²) < 4.78 is 11.9. The molecule has 28 heavy (non-hydrogen) atoms. The van der Waals surface area contributed by atoms with Gasteiger partial charge in [-0.2, -0.15) is 0 Å². The summed E-state index contributed by atoms with van der Waals surface area (Å²) in [6.07, 6.45) is 0. The zero-order valence-electron chi connectivity index (χ0n) is 15.8. The SMILES string of the molecule is CCOc1cccc(CNCc2ccccc2Cl)c1OCc1ccccc1Cl. The first-order valence-electron chi connectivity index (χ1n) is 9.24. The van der Waals surface area contributed by atoms with E-state index >= 15 is 0 Å². The van der Waals surface area contributed by atoms with Crippen molar-refractivity contribution in [3.05, 3.63) is 93.5 Å². The number of halogens is 2. The van der Waals surface area contributed by atoms with Gasteiger partial charge < -0.3 is 14.8 Å². The molecule has 3 aromatic rings. The van der Waals surface area contributed by atoms with E-state index in [1.165, 1.54) is 0 Å². The molecule has 0 radical (unpaired) electrons. The number of ether oxygens (including phenoxy) is 2. The minimum atomic E-state index is 0.376. The molecule has 3 nitrogen and oxygen atoms in total. The van der Waals surface area contributed by atoms with Crippen molar-refractivity contribution < 1.29 is 9.47 Å². The van der Waals surface area contributed by atoms with Gasteiger partial charge in [-0.15, -0.1) is 0 Å². The number of rotatable bonds is 9. The smallest absolute Gasteiger partial charge is 0.166 e. The van der Waals surface area contributed by atoms with Crippen molar-refractivity contribution in [3.8, 4) is 11.5 Å². The van der Waals surface area contributed by atoms with Crippen LogP contribution in [0, 0.1) is 0 Å². The van der Waals surface area contributed by atoms with Crippen LogP contribution in [0.15, 0.2) is 66.7 Å². The number of para-hydroxylation sites is 1. The third-order valence-electron chi connectivity index (χ3n) is 4.28. The van der Waals surface area contributed by atoms with Crippen LogP contribution >= 0.6 is 23.2 Å².